The number of ether oxygens (including phenoxy) is 1. The fraction of sp³-hybridized carbons (Fsp3) is 0.632. The molecule has 4 heteroatoms. The molecule has 1 aliphatic heterocycles. The van der Waals surface area contributed by atoms with Crippen molar-refractivity contribution in [3.63, 3.8) is 0 Å². The van der Waals surface area contributed by atoms with E-state index in [2.05, 4.69) is 17.0 Å². The molecule has 23 heavy (non-hydrogen) atoms. The number of methoxy groups -OCH3 is 1. The number of hydrogen-bond donors (Lipinski definition) is 0. The van der Waals surface area contributed by atoms with Crippen LogP contribution >= 0.6 is 0 Å². The summed E-state index contributed by atoms with van der Waals surface area (Å²) in [6.07, 6.45) is 5.68. The summed E-state index contributed by atoms with van der Waals surface area (Å²) in [5, 5.41) is 0. The summed E-state index contributed by atoms with van der Waals surface area (Å²) in [7, 11) is 3.71. The summed E-state index contributed by atoms with van der Waals surface area (Å²) in [4.78, 5) is 17.0. The first-order chi connectivity index (χ1) is 11.2. The zero-order valence-electron chi connectivity index (χ0n) is 14.3. The summed E-state index contributed by atoms with van der Waals surface area (Å²) >= 11 is 0. The average molecular weight is 316 g/mol. The van der Waals surface area contributed by atoms with Crippen molar-refractivity contribution in [3.05, 3.63) is 29.8 Å². The molecule has 1 saturated carbocycles. The van der Waals surface area contributed by atoms with Crippen LogP contribution in [0.5, 0.6) is 5.75 Å². The molecule has 0 bridgehead atoms. The second kappa shape index (κ2) is 7.35. The Morgan fingerprint density at radius 2 is 2.13 bits per heavy atom. The van der Waals surface area contributed by atoms with Gasteiger partial charge in [0.25, 0.3) is 0 Å². The largest absolute Gasteiger partial charge is 0.497 e. The van der Waals surface area contributed by atoms with Gasteiger partial charge in [0.15, 0.2) is 0 Å². The lowest BCUT2D eigenvalue weighted by Crippen LogP contribution is -2.50. The number of likely N-dealkylation sites (N-methyl/N-ethyl adjacent to an activating group) is 1. The first-order valence-electron chi connectivity index (χ1n) is 8.79. The number of likely N-dealkylation sites (tertiary alicyclic amines) is 1. The van der Waals surface area contributed by atoms with Crippen LogP contribution in [0.25, 0.3) is 0 Å². The molecule has 4 nitrogen and oxygen atoms in total. The Balaban J connectivity index is 1.57. The number of amides is 1. The molecule has 1 atom stereocenters. The molecule has 1 aliphatic carbocycles. The molecule has 0 spiro atoms. The highest BCUT2D eigenvalue weighted by Gasteiger charge is 2.32. The summed E-state index contributed by atoms with van der Waals surface area (Å²) in [5.41, 5.74) is 1.28. The highest BCUT2D eigenvalue weighted by molar-refractivity contribution is 5.79. The van der Waals surface area contributed by atoms with Crippen molar-refractivity contribution in [1.29, 1.82) is 0 Å². The standard InChI is InChI=1S/C19H28N2O2/c1-20(19(22)16-7-4-8-16)17-9-5-11-21(14-17)13-15-6-3-10-18(12-15)23-2/h3,6,10,12,16-17H,4-5,7-9,11,13-14H2,1-2H3. The van der Waals surface area contributed by atoms with Gasteiger partial charge in [-0.3, -0.25) is 9.69 Å². The Morgan fingerprint density at radius 3 is 2.83 bits per heavy atom. The maximum atomic E-state index is 12.5. The van der Waals surface area contributed by atoms with Gasteiger partial charge >= 0.3 is 0 Å². The lowest BCUT2D eigenvalue weighted by molar-refractivity contribution is -0.140. The second-order valence-electron chi connectivity index (χ2n) is 6.96. The van der Waals surface area contributed by atoms with Gasteiger partial charge in [0.05, 0.1) is 7.11 Å². The molecular weight excluding hydrogens is 288 g/mol. The fourth-order valence-corrected chi connectivity index (χ4v) is 3.64. The SMILES string of the molecule is COc1cccc(CN2CCCC(N(C)C(=O)C3CCC3)C2)c1. The van der Waals surface area contributed by atoms with Crippen molar-refractivity contribution in [2.45, 2.75) is 44.7 Å². The van der Waals surface area contributed by atoms with E-state index < -0.39 is 0 Å². The van der Waals surface area contributed by atoms with E-state index in [1.807, 2.05) is 24.1 Å². The van der Waals surface area contributed by atoms with Crippen molar-refractivity contribution in [2.75, 3.05) is 27.2 Å². The molecule has 3 rings (SSSR count). The number of carbonyl (C=O) groups excluding carboxylic acids is 1. The average Bonchev–Trinajstić information content (AvgIpc) is 2.53. The number of carbonyl (C=O) groups is 1. The molecule has 0 radical (unpaired) electrons. The molecule has 0 aromatic heterocycles. The van der Waals surface area contributed by atoms with Crippen LogP contribution in [0.1, 0.15) is 37.7 Å². The molecule has 1 amide bonds. The smallest absolute Gasteiger partial charge is 0.225 e. The molecule has 1 unspecified atom stereocenters. The van der Waals surface area contributed by atoms with Crippen LogP contribution < -0.4 is 4.74 Å². The molecule has 1 heterocycles. The van der Waals surface area contributed by atoms with E-state index in [1.165, 1.54) is 12.0 Å². The minimum absolute atomic E-state index is 0.300. The van der Waals surface area contributed by atoms with Crippen molar-refractivity contribution < 1.29 is 9.53 Å². The topological polar surface area (TPSA) is 32.8 Å². The van der Waals surface area contributed by atoms with Crippen molar-refractivity contribution in [3.8, 4) is 5.75 Å². The van der Waals surface area contributed by atoms with Gasteiger partial charge in [-0.15, -0.1) is 0 Å². The summed E-state index contributed by atoms with van der Waals surface area (Å²) in [5.74, 6) is 1.58. The van der Waals surface area contributed by atoms with Crippen LogP contribution in [0, 0.1) is 5.92 Å². The maximum Gasteiger partial charge on any atom is 0.225 e. The third-order valence-electron chi connectivity index (χ3n) is 5.37. The Hall–Kier alpha value is -1.55. The molecule has 1 aromatic rings. The molecule has 1 saturated heterocycles. The molecule has 0 N–H and O–H groups in total. The van der Waals surface area contributed by atoms with Crippen LogP contribution in [0.4, 0.5) is 0 Å². The number of piperidine rings is 1. The van der Waals surface area contributed by atoms with Gasteiger partial charge in [-0.05, 0) is 49.9 Å². The zero-order valence-corrected chi connectivity index (χ0v) is 14.3. The van der Waals surface area contributed by atoms with Crippen molar-refractivity contribution in [2.24, 2.45) is 5.92 Å². The van der Waals surface area contributed by atoms with E-state index in [1.54, 1.807) is 7.11 Å². The van der Waals surface area contributed by atoms with Gasteiger partial charge in [-0.25, -0.2) is 0 Å². The zero-order chi connectivity index (χ0) is 16.2. The van der Waals surface area contributed by atoms with Gasteiger partial charge in [0, 0.05) is 32.1 Å². The number of hydrogen-bond acceptors (Lipinski definition) is 3. The lowest BCUT2D eigenvalue weighted by atomic mass is 9.84. The van der Waals surface area contributed by atoms with Crippen LogP contribution in [0.3, 0.4) is 0 Å². The first-order valence-corrected chi connectivity index (χ1v) is 8.79. The van der Waals surface area contributed by atoms with Crippen LogP contribution in [0.2, 0.25) is 0 Å². The Morgan fingerprint density at radius 1 is 1.30 bits per heavy atom. The Labute approximate surface area is 139 Å². The minimum atomic E-state index is 0.300. The lowest BCUT2D eigenvalue weighted by Gasteiger charge is -2.40. The molecule has 2 fully saturated rings. The van der Waals surface area contributed by atoms with E-state index in [-0.39, 0.29) is 0 Å². The monoisotopic (exact) mass is 316 g/mol. The van der Waals surface area contributed by atoms with Crippen molar-refractivity contribution in [1.82, 2.24) is 9.80 Å². The normalized spacial score (nSPS) is 22.4. The third-order valence-corrected chi connectivity index (χ3v) is 5.37. The van der Waals surface area contributed by atoms with Crippen molar-refractivity contribution >= 4 is 5.91 Å². The molecule has 126 valence electrons. The van der Waals surface area contributed by atoms with Crippen LogP contribution in [-0.4, -0.2) is 49.0 Å². The third kappa shape index (κ3) is 3.86. The molecular formula is C19H28N2O2. The second-order valence-corrected chi connectivity index (χ2v) is 6.96. The minimum Gasteiger partial charge on any atom is -0.497 e. The highest BCUT2D eigenvalue weighted by Crippen LogP contribution is 2.29. The van der Waals surface area contributed by atoms with E-state index in [0.29, 0.717) is 17.9 Å². The first kappa shape index (κ1) is 16.3. The van der Waals surface area contributed by atoms with E-state index >= 15 is 0 Å². The van der Waals surface area contributed by atoms with Crippen LogP contribution in [0.15, 0.2) is 24.3 Å². The Kier molecular flexibility index (Phi) is 5.21. The van der Waals surface area contributed by atoms with Gasteiger partial charge in [0.2, 0.25) is 5.91 Å². The van der Waals surface area contributed by atoms with Gasteiger partial charge in [0.1, 0.15) is 5.75 Å². The van der Waals surface area contributed by atoms with Gasteiger partial charge in [-0.1, -0.05) is 18.6 Å². The van der Waals surface area contributed by atoms with E-state index in [9.17, 15) is 4.79 Å². The maximum absolute atomic E-state index is 12.5. The molecule has 2 aliphatic rings. The number of benzene rings is 1. The predicted octanol–water partition coefficient (Wildman–Crippen LogP) is 2.92. The van der Waals surface area contributed by atoms with E-state index in [4.69, 9.17) is 4.74 Å². The summed E-state index contributed by atoms with van der Waals surface area (Å²) in [6, 6.07) is 8.64. The summed E-state index contributed by atoms with van der Waals surface area (Å²) < 4.78 is 5.31. The fourth-order valence-electron chi connectivity index (χ4n) is 3.64. The predicted molar refractivity (Wildman–Crippen MR) is 91.4 cm³/mol. The van der Waals surface area contributed by atoms with Crippen LogP contribution in [-0.2, 0) is 11.3 Å². The quantitative estimate of drug-likeness (QED) is 0.837. The van der Waals surface area contributed by atoms with E-state index in [0.717, 1.165) is 51.1 Å². The van der Waals surface area contributed by atoms with Gasteiger partial charge < -0.3 is 9.64 Å². The number of rotatable bonds is 5. The molecule has 1 aromatic carbocycles. The Bertz CT molecular complexity index is 542. The number of nitrogens with zero attached hydrogens (tertiary/aromatic N) is 2. The highest BCUT2D eigenvalue weighted by atomic mass is 16.5. The van der Waals surface area contributed by atoms with Gasteiger partial charge in [-0.2, -0.15) is 0 Å². The summed E-state index contributed by atoms with van der Waals surface area (Å²) in [6.45, 7) is 3.02.